The molecule has 3 heterocycles. The van der Waals surface area contributed by atoms with Crippen molar-refractivity contribution in [2.45, 2.75) is 50.7 Å². The number of nitrogens with one attached hydrogen (secondary N) is 1. The number of hydrogen-bond acceptors (Lipinski definition) is 4. The Balaban J connectivity index is 1.36. The molecule has 2 aliphatic rings. The number of furan rings is 1. The lowest BCUT2D eigenvalue weighted by Crippen LogP contribution is -2.54. The van der Waals surface area contributed by atoms with Crippen LogP contribution in [0, 0.1) is 0 Å². The van der Waals surface area contributed by atoms with Gasteiger partial charge in [-0.2, -0.15) is 0 Å². The van der Waals surface area contributed by atoms with Crippen LogP contribution in [0.2, 0.25) is 0 Å². The van der Waals surface area contributed by atoms with Crippen molar-refractivity contribution in [3.05, 3.63) is 60.1 Å². The van der Waals surface area contributed by atoms with Crippen LogP contribution in [0.5, 0.6) is 0 Å². The van der Waals surface area contributed by atoms with E-state index in [4.69, 9.17) is 4.42 Å². The Morgan fingerprint density at radius 2 is 1.90 bits per heavy atom. The first-order valence-corrected chi connectivity index (χ1v) is 10.6. The molecule has 0 spiro atoms. The lowest BCUT2D eigenvalue weighted by molar-refractivity contribution is -0.127. The third kappa shape index (κ3) is 4.37. The Labute approximate surface area is 171 Å². The molecular formula is C23H29N3O3. The average molecular weight is 396 g/mol. The fourth-order valence-electron chi connectivity index (χ4n) is 4.49. The molecule has 0 aliphatic carbocycles. The number of carbonyl (C=O) groups is 2. The summed E-state index contributed by atoms with van der Waals surface area (Å²) < 4.78 is 5.26. The smallest absolute Gasteiger partial charge is 0.290 e. The van der Waals surface area contributed by atoms with Crippen LogP contribution in [0.3, 0.4) is 0 Å². The van der Waals surface area contributed by atoms with Crippen molar-refractivity contribution in [3.63, 3.8) is 0 Å². The van der Waals surface area contributed by atoms with Crippen LogP contribution < -0.4 is 5.32 Å². The van der Waals surface area contributed by atoms with Gasteiger partial charge < -0.3 is 14.6 Å². The summed E-state index contributed by atoms with van der Waals surface area (Å²) in [6.07, 6.45) is 5.01. The van der Waals surface area contributed by atoms with E-state index in [1.54, 1.807) is 17.0 Å². The molecule has 1 aromatic heterocycles. The zero-order valence-corrected chi connectivity index (χ0v) is 16.9. The lowest BCUT2D eigenvalue weighted by Gasteiger charge is -2.34. The van der Waals surface area contributed by atoms with Gasteiger partial charge in [0.2, 0.25) is 5.91 Å². The van der Waals surface area contributed by atoms with Crippen LogP contribution in [0.1, 0.15) is 54.8 Å². The summed E-state index contributed by atoms with van der Waals surface area (Å²) in [6.45, 7) is 4.60. The predicted octanol–water partition coefficient (Wildman–Crippen LogP) is 3.23. The van der Waals surface area contributed by atoms with E-state index < -0.39 is 6.04 Å². The maximum Gasteiger partial charge on any atom is 0.290 e. The summed E-state index contributed by atoms with van der Waals surface area (Å²) in [5, 5.41) is 3.21. The quantitative estimate of drug-likeness (QED) is 0.844. The first-order chi connectivity index (χ1) is 14.1. The van der Waals surface area contributed by atoms with E-state index in [2.05, 4.69) is 41.4 Å². The molecule has 6 heteroatoms. The van der Waals surface area contributed by atoms with Gasteiger partial charge in [0.1, 0.15) is 6.04 Å². The summed E-state index contributed by atoms with van der Waals surface area (Å²) in [7, 11) is 0. The molecule has 0 bridgehead atoms. The van der Waals surface area contributed by atoms with Crippen LogP contribution in [0.25, 0.3) is 0 Å². The van der Waals surface area contributed by atoms with Crippen molar-refractivity contribution >= 4 is 11.8 Å². The van der Waals surface area contributed by atoms with Crippen LogP contribution >= 0.6 is 0 Å². The number of piperidine rings is 1. The van der Waals surface area contributed by atoms with E-state index in [1.807, 2.05) is 6.07 Å². The van der Waals surface area contributed by atoms with Gasteiger partial charge in [-0.25, -0.2) is 0 Å². The summed E-state index contributed by atoms with van der Waals surface area (Å²) in [5.41, 5.74) is 1.29. The van der Waals surface area contributed by atoms with Gasteiger partial charge in [0.25, 0.3) is 5.91 Å². The van der Waals surface area contributed by atoms with E-state index in [0.29, 0.717) is 24.8 Å². The van der Waals surface area contributed by atoms with Crippen molar-refractivity contribution in [3.8, 4) is 0 Å². The predicted molar refractivity (Wildman–Crippen MR) is 110 cm³/mol. The zero-order valence-electron chi connectivity index (χ0n) is 16.9. The van der Waals surface area contributed by atoms with Gasteiger partial charge in [0, 0.05) is 31.7 Å². The molecule has 2 aliphatic heterocycles. The molecule has 2 amide bonds. The van der Waals surface area contributed by atoms with Crippen LogP contribution in [0.15, 0.2) is 53.1 Å². The van der Waals surface area contributed by atoms with Crippen molar-refractivity contribution in [1.29, 1.82) is 0 Å². The molecule has 154 valence electrons. The highest BCUT2D eigenvalue weighted by atomic mass is 16.3. The number of carbonyl (C=O) groups excluding carboxylic acids is 2. The number of rotatable bonds is 5. The molecule has 3 unspecified atom stereocenters. The fraction of sp³-hybridized carbons (Fsp3) is 0.478. The Bertz CT molecular complexity index is 821. The SMILES string of the molecule is CC(c1ccccc1)N1CCC(NC(=O)C2CCCCN2C(=O)c2ccco2)C1. The highest BCUT2D eigenvalue weighted by molar-refractivity contribution is 5.95. The maximum atomic E-state index is 13.0. The molecule has 0 radical (unpaired) electrons. The van der Waals surface area contributed by atoms with Gasteiger partial charge in [-0.15, -0.1) is 0 Å². The first-order valence-electron chi connectivity index (χ1n) is 10.6. The van der Waals surface area contributed by atoms with Crippen molar-refractivity contribution in [2.24, 2.45) is 0 Å². The molecule has 6 nitrogen and oxygen atoms in total. The normalized spacial score (nSPS) is 23.7. The van der Waals surface area contributed by atoms with Gasteiger partial charge in [-0.3, -0.25) is 14.5 Å². The standard InChI is InChI=1S/C23H29N3O3/c1-17(18-8-3-2-4-9-18)25-14-12-19(16-25)24-22(27)20-10-5-6-13-26(20)23(28)21-11-7-15-29-21/h2-4,7-9,11,15,17,19-20H,5-6,10,12-14,16H2,1H3,(H,24,27). The van der Waals surface area contributed by atoms with E-state index in [1.165, 1.54) is 11.8 Å². The fourth-order valence-corrected chi connectivity index (χ4v) is 4.49. The van der Waals surface area contributed by atoms with Gasteiger partial charge in [-0.05, 0) is 50.3 Å². The van der Waals surface area contributed by atoms with Crippen LogP contribution in [-0.2, 0) is 4.79 Å². The molecule has 1 N–H and O–H groups in total. The first kappa shape index (κ1) is 19.7. The summed E-state index contributed by atoms with van der Waals surface area (Å²) in [5.74, 6) is 0.0675. The number of nitrogens with zero attached hydrogens (tertiary/aromatic N) is 2. The Morgan fingerprint density at radius 3 is 2.66 bits per heavy atom. The molecule has 4 rings (SSSR count). The van der Waals surface area contributed by atoms with E-state index in [9.17, 15) is 9.59 Å². The maximum absolute atomic E-state index is 13.0. The third-order valence-electron chi connectivity index (χ3n) is 6.19. The number of amides is 2. The lowest BCUT2D eigenvalue weighted by atomic mass is 10.0. The minimum atomic E-state index is -0.415. The Morgan fingerprint density at radius 1 is 1.07 bits per heavy atom. The van der Waals surface area contributed by atoms with Crippen LogP contribution in [0.4, 0.5) is 0 Å². The van der Waals surface area contributed by atoms with E-state index in [-0.39, 0.29) is 17.9 Å². The molecule has 2 saturated heterocycles. The summed E-state index contributed by atoms with van der Waals surface area (Å²) >= 11 is 0. The molecule has 0 saturated carbocycles. The minimum absolute atomic E-state index is 0.0381. The monoisotopic (exact) mass is 395 g/mol. The number of benzene rings is 1. The summed E-state index contributed by atoms with van der Waals surface area (Å²) in [6, 6.07) is 13.8. The highest BCUT2D eigenvalue weighted by Gasteiger charge is 2.36. The largest absolute Gasteiger partial charge is 0.459 e. The second-order valence-electron chi connectivity index (χ2n) is 8.06. The van der Waals surface area contributed by atoms with Gasteiger partial charge >= 0.3 is 0 Å². The van der Waals surface area contributed by atoms with Gasteiger partial charge in [0.15, 0.2) is 5.76 Å². The number of hydrogen-bond donors (Lipinski definition) is 1. The molecule has 29 heavy (non-hydrogen) atoms. The minimum Gasteiger partial charge on any atom is -0.459 e. The number of likely N-dealkylation sites (tertiary alicyclic amines) is 2. The second-order valence-corrected chi connectivity index (χ2v) is 8.06. The Kier molecular flexibility index (Phi) is 6.00. The van der Waals surface area contributed by atoms with Crippen LogP contribution in [-0.4, -0.2) is 53.3 Å². The zero-order chi connectivity index (χ0) is 20.2. The average Bonchev–Trinajstić information content (AvgIpc) is 3.46. The van der Waals surface area contributed by atoms with Gasteiger partial charge in [0.05, 0.1) is 6.26 Å². The molecule has 3 atom stereocenters. The molecule has 2 fully saturated rings. The van der Waals surface area contributed by atoms with Gasteiger partial charge in [-0.1, -0.05) is 30.3 Å². The van der Waals surface area contributed by atoms with E-state index in [0.717, 1.165) is 32.4 Å². The van der Waals surface area contributed by atoms with Crippen molar-refractivity contribution in [1.82, 2.24) is 15.1 Å². The topological polar surface area (TPSA) is 65.8 Å². The molecule has 1 aromatic carbocycles. The van der Waals surface area contributed by atoms with E-state index >= 15 is 0 Å². The highest BCUT2D eigenvalue weighted by Crippen LogP contribution is 2.25. The third-order valence-corrected chi connectivity index (χ3v) is 6.19. The Hall–Kier alpha value is -2.60. The van der Waals surface area contributed by atoms with Crippen molar-refractivity contribution in [2.75, 3.05) is 19.6 Å². The molecular weight excluding hydrogens is 366 g/mol. The summed E-state index contributed by atoms with van der Waals surface area (Å²) in [4.78, 5) is 29.9. The molecule has 2 aromatic rings. The second kappa shape index (κ2) is 8.82. The van der Waals surface area contributed by atoms with Crippen molar-refractivity contribution < 1.29 is 14.0 Å².